The second kappa shape index (κ2) is 3.16. The number of halogens is 1. The Labute approximate surface area is 79.3 Å². The smallest absolute Gasteiger partial charge is 0.192 e. The third-order valence-corrected chi connectivity index (χ3v) is 2.89. The topological polar surface area (TPSA) is 54.0 Å². The Bertz CT molecular complexity index is 397. The highest BCUT2D eigenvalue weighted by Crippen LogP contribution is 2.20. The highest BCUT2D eigenvalue weighted by Gasteiger charge is 2.14. The third kappa shape index (κ3) is 2.06. The minimum absolute atomic E-state index is 0.170. The van der Waals surface area contributed by atoms with Gasteiger partial charge in [-0.25, -0.2) is 0 Å². The van der Waals surface area contributed by atoms with Crippen LogP contribution in [0.5, 0.6) is 0 Å². The van der Waals surface area contributed by atoms with E-state index in [1.54, 1.807) is 19.1 Å². The Morgan fingerprint density at radius 2 is 1.92 bits per heavy atom. The molecule has 3 nitrogen and oxygen atoms in total. The fourth-order valence-corrected chi connectivity index (χ4v) is 2.09. The third-order valence-electron chi connectivity index (χ3n) is 1.42. The van der Waals surface area contributed by atoms with Gasteiger partial charge in [0.25, 0.3) is 0 Å². The maximum absolute atomic E-state index is 10.6. The normalized spacial score (nSPS) is 11.6. The minimum Gasteiger partial charge on any atom is -0.192 e. The van der Waals surface area contributed by atoms with Crippen LogP contribution in [0, 0.1) is 6.92 Å². The molecule has 12 heavy (non-hydrogen) atoms. The molecule has 0 aliphatic heterocycles. The molecule has 0 aliphatic rings. The minimum atomic E-state index is -4.34. The molecule has 0 saturated carbocycles. The van der Waals surface area contributed by atoms with Crippen LogP contribution in [-0.2, 0) is 14.7 Å². The zero-order valence-electron chi connectivity index (χ0n) is 6.24. The molecule has 0 aliphatic carbocycles. The Kier molecular flexibility index (Phi) is 2.55. The summed E-state index contributed by atoms with van der Waals surface area (Å²) in [6, 6.07) is 4.57. The molecular weight excluding hydrogens is 244 g/mol. The molecule has 0 unspecified atom stereocenters. The maximum Gasteiger partial charge on any atom is 0.324 e. The van der Waals surface area contributed by atoms with Crippen molar-refractivity contribution in [2.75, 3.05) is 0 Å². The molecule has 0 bridgehead atoms. The number of benzene rings is 1. The predicted octanol–water partition coefficient (Wildman–Crippen LogP) is 1.88. The van der Waals surface area contributed by atoms with E-state index in [2.05, 4.69) is 15.9 Å². The number of rotatable bonds is 1. The van der Waals surface area contributed by atoms with Crippen molar-refractivity contribution in [2.45, 2.75) is 11.8 Å². The zero-order chi connectivity index (χ0) is 9.35. The molecule has 0 atom stereocenters. The van der Waals surface area contributed by atoms with Crippen molar-refractivity contribution >= 4 is 26.0 Å². The van der Waals surface area contributed by atoms with Gasteiger partial charge in [0, 0.05) is 4.47 Å². The average molecular weight is 250 g/mol. The molecule has 0 heterocycles. The van der Waals surface area contributed by atoms with Crippen LogP contribution in [0.25, 0.3) is 0 Å². The molecule has 0 N–H and O–H groups in total. The van der Waals surface area contributed by atoms with Crippen LogP contribution in [0.1, 0.15) is 5.56 Å². The van der Waals surface area contributed by atoms with E-state index in [1.165, 1.54) is 6.07 Å². The van der Waals surface area contributed by atoms with Gasteiger partial charge < -0.3 is 0 Å². The second-order valence-corrected chi connectivity index (χ2v) is 4.63. The van der Waals surface area contributed by atoms with Crippen molar-refractivity contribution in [2.24, 2.45) is 0 Å². The van der Waals surface area contributed by atoms with Gasteiger partial charge >= 0.3 is 10.1 Å². The first-order chi connectivity index (χ1) is 5.41. The Balaban J connectivity index is 3.43. The zero-order valence-corrected chi connectivity index (χ0v) is 8.65. The van der Waals surface area contributed by atoms with Crippen molar-refractivity contribution in [1.29, 1.82) is 0 Å². The van der Waals surface area contributed by atoms with E-state index in [0.717, 1.165) is 0 Å². The van der Waals surface area contributed by atoms with Crippen molar-refractivity contribution in [3.05, 3.63) is 28.2 Å². The Morgan fingerprint density at radius 3 is 2.33 bits per heavy atom. The lowest BCUT2D eigenvalue weighted by atomic mass is 10.2. The quantitative estimate of drug-likeness (QED) is 0.764. The molecule has 0 spiro atoms. The molecule has 0 aromatic heterocycles. The summed E-state index contributed by atoms with van der Waals surface area (Å²) in [5.74, 6) is 0. The highest BCUT2D eigenvalue weighted by molar-refractivity contribution is 9.10. The van der Waals surface area contributed by atoms with Gasteiger partial charge in [-0.15, -0.1) is 0 Å². The summed E-state index contributed by atoms with van der Waals surface area (Å²) < 4.78 is 32.5. The molecule has 1 rings (SSSR count). The Hall–Kier alpha value is -0.390. The van der Waals surface area contributed by atoms with Gasteiger partial charge in [-0.2, -0.15) is 8.42 Å². The molecule has 1 aromatic carbocycles. The summed E-state index contributed by atoms with van der Waals surface area (Å²) in [6.07, 6.45) is 0. The molecule has 0 fully saturated rings. The summed E-state index contributed by atoms with van der Waals surface area (Å²) in [6.45, 7) is 1.58. The van der Waals surface area contributed by atoms with Gasteiger partial charge in [-0.1, -0.05) is 26.5 Å². The van der Waals surface area contributed by atoms with Gasteiger partial charge in [0.05, 0.1) is 0 Å². The molecule has 0 saturated heterocycles. The summed E-state index contributed by atoms with van der Waals surface area (Å²) in [7, 11) is -4.34. The second-order valence-electron chi connectivity index (χ2n) is 2.36. The summed E-state index contributed by atoms with van der Waals surface area (Å²) in [4.78, 5) is -0.170. The largest absolute Gasteiger partial charge is 0.324 e. The van der Waals surface area contributed by atoms with E-state index in [4.69, 9.17) is 0 Å². The first-order valence-corrected chi connectivity index (χ1v) is 5.33. The van der Waals surface area contributed by atoms with Gasteiger partial charge in [-0.3, -0.25) is 0 Å². The molecule has 5 heteroatoms. The van der Waals surface area contributed by atoms with Crippen LogP contribution < -0.4 is 0 Å². The number of hydrogen-bond donors (Lipinski definition) is 0. The number of aryl methyl sites for hydroxylation is 1. The lowest BCUT2D eigenvalue weighted by Crippen LogP contribution is -1.98. The van der Waals surface area contributed by atoms with E-state index >= 15 is 0 Å². The van der Waals surface area contributed by atoms with E-state index in [0.29, 0.717) is 10.0 Å². The van der Waals surface area contributed by atoms with Crippen molar-refractivity contribution < 1.29 is 13.0 Å². The van der Waals surface area contributed by atoms with Crippen molar-refractivity contribution in [1.82, 2.24) is 0 Å². The van der Waals surface area contributed by atoms with Crippen molar-refractivity contribution in [3.63, 3.8) is 0 Å². The van der Waals surface area contributed by atoms with Gasteiger partial charge in [0.15, 0.2) is 0 Å². The first-order valence-electron chi connectivity index (χ1n) is 3.13. The molecule has 0 amide bonds. The van der Waals surface area contributed by atoms with Gasteiger partial charge in [0.1, 0.15) is 4.90 Å². The van der Waals surface area contributed by atoms with E-state index < -0.39 is 10.1 Å². The standard InChI is InChI=1S/C7H6BrO3S/c1-5-2-3-6(8)4-7(5)12(9,10)11/h2-4H,1H3. The molecule has 1 radical (unpaired) electrons. The van der Waals surface area contributed by atoms with Crippen molar-refractivity contribution in [3.8, 4) is 0 Å². The van der Waals surface area contributed by atoms with Gasteiger partial charge in [-0.05, 0) is 24.6 Å². The fraction of sp³-hybridized carbons (Fsp3) is 0.143. The van der Waals surface area contributed by atoms with Crippen LogP contribution in [0.15, 0.2) is 27.6 Å². The van der Waals surface area contributed by atoms with E-state index in [1.807, 2.05) is 0 Å². The monoisotopic (exact) mass is 249 g/mol. The predicted molar refractivity (Wildman–Crippen MR) is 46.8 cm³/mol. The number of hydrogen-bond acceptors (Lipinski definition) is 2. The average Bonchev–Trinajstić information content (AvgIpc) is 1.92. The maximum atomic E-state index is 10.6. The van der Waals surface area contributed by atoms with Crippen LogP contribution in [0.2, 0.25) is 0 Å². The van der Waals surface area contributed by atoms with Crippen LogP contribution in [-0.4, -0.2) is 8.42 Å². The lowest BCUT2D eigenvalue weighted by Gasteiger charge is -2.00. The molecule has 1 aromatic rings. The first kappa shape index (κ1) is 9.70. The van der Waals surface area contributed by atoms with Crippen LogP contribution in [0.3, 0.4) is 0 Å². The summed E-state index contributed by atoms with van der Waals surface area (Å²) in [5, 5.41) is 0. The van der Waals surface area contributed by atoms with E-state index in [9.17, 15) is 13.0 Å². The summed E-state index contributed by atoms with van der Waals surface area (Å²) in [5.41, 5.74) is 0.466. The van der Waals surface area contributed by atoms with Crippen LogP contribution in [0.4, 0.5) is 0 Å². The van der Waals surface area contributed by atoms with Crippen LogP contribution >= 0.6 is 15.9 Å². The lowest BCUT2D eigenvalue weighted by molar-refractivity contribution is 0.414. The fourth-order valence-electron chi connectivity index (χ4n) is 0.843. The molecular formula is C7H6BrO3S. The Morgan fingerprint density at radius 1 is 1.33 bits per heavy atom. The van der Waals surface area contributed by atoms with Gasteiger partial charge in [0.2, 0.25) is 0 Å². The molecule has 65 valence electrons. The highest BCUT2D eigenvalue weighted by atomic mass is 79.9. The summed E-state index contributed by atoms with van der Waals surface area (Å²) >= 11 is 3.09. The van der Waals surface area contributed by atoms with E-state index in [-0.39, 0.29) is 4.90 Å². The SMILES string of the molecule is Cc1ccc(Br)cc1S([O])(=O)=O.